The van der Waals surface area contributed by atoms with Crippen molar-refractivity contribution in [3.8, 4) is 0 Å². The third-order valence-corrected chi connectivity index (χ3v) is 4.26. The zero-order valence-corrected chi connectivity index (χ0v) is 10.8. The summed E-state index contributed by atoms with van der Waals surface area (Å²) in [6, 6.07) is 0.778. The molecule has 0 radical (unpaired) electrons. The highest BCUT2D eigenvalue weighted by molar-refractivity contribution is 5.79. The first kappa shape index (κ1) is 12.6. The number of allylic oxidation sites excluding steroid dienone is 2. The number of amides is 1. The van der Waals surface area contributed by atoms with E-state index in [0.29, 0.717) is 18.0 Å². The van der Waals surface area contributed by atoms with Gasteiger partial charge in [0.1, 0.15) is 0 Å². The Labute approximate surface area is 104 Å². The van der Waals surface area contributed by atoms with Crippen molar-refractivity contribution in [3.05, 3.63) is 12.2 Å². The SMILES string of the molecule is CN(C(=O)C1CC=CCC1)C1CCC(N)CC1. The lowest BCUT2D eigenvalue weighted by Gasteiger charge is -2.35. The molecule has 1 unspecified atom stereocenters. The highest BCUT2D eigenvalue weighted by atomic mass is 16.2. The van der Waals surface area contributed by atoms with E-state index >= 15 is 0 Å². The van der Waals surface area contributed by atoms with E-state index in [1.807, 2.05) is 11.9 Å². The lowest BCUT2D eigenvalue weighted by atomic mass is 9.88. The van der Waals surface area contributed by atoms with E-state index in [1.54, 1.807) is 0 Å². The first-order valence-corrected chi connectivity index (χ1v) is 6.85. The van der Waals surface area contributed by atoms with Crippen LogP contribution in [0.2, 0.25) is 0 Å². The summed E-state index contributed by atoms with van der Waals surface area (Å²) in [6.07, 6.45) is 11.6. The van der Waals surface area contributed by atoms with Crippen LogP contribution in [-0.2, 0) is 4.79 Å². The molecule has 96 valence electrons. The molecule has 2 aliphatic carbocycles. The molecule has 0 aromatic rings. The molecule has 1 fully saturated rings. The van der Waals surface area contributed by atoms with Gasteiger partial charge in [-0.1, -0.05) is 12.2 Å². The topological polar surface area (TPSA) is 46.3 Å². The Morgan fingerprint density at radius 2 is 1.88 bits per heavy atom. The van der Waals surface area contributed by atoms with Crippen LogP contribution < -0.4 is 5.73 Å². The Bertz CT molecular complexity index is 293. The Kier molecular flexibility index (Phi) is 4.21. The van der Waals surface area contributed by atoms with Crippen molar-refractivity contribution in [1.82, 2.24) is 4.90 Å². The minimum absolute atomic E-state index is 0.223. The predicted molar refractivity (Wildman–Crippen MR) is 69.5 cm³/mol. The van der Waals surface area contributed by atoms with Crippen LogP contribution in [0.15, 0.2) is 12.2 Å². The molecule has 3 heteroatoms. The number of carbonyl (C=O) groups is 1. The summed E-state index contributed by atoms with van der Waals surface area (Å²) >= 11 is 0. The highest BCUT2D eigenvalue weighted by Gasteiger charge is 2.29. The van der Waals surface area contributed by atoms with Gasteiger partial charge in [0.25, 0.3) is 0 Å². The fraction of sp³-hybridized carbons (Fsp3) is 0.786. The van der Waals surface area contributed by atoms with E-state index in [9.17, 15) is 4.79 Å². The zero-order valence-electron chi connectivity index (χ0n) is 10.8. The second-order valence-electron chi connectivity index (χ2n) is 5.50. The molecule has 0 spiro atoms. The van der Waals surface area contributed by atoms with Gasteiger partial charge in [0.15, 0.2) is 0 Å². The summed E-state index contributed by atoms with van der Waals surface area (Å²) in [5.74, 6) is 0.565. The summed E-state index contributed by atoms with van der Waals surface area (Å²) in [5.41, 5.74) is 5.90. The molecule has 2 aliphatic rings. The molecule has 0 aromatic carbocycles. The Hall–Kier alpha value is -0.830. The van der Waals surface area contributed by atoms with Gasteiger partial charge in [-0.2, -0.15) is 0 Å². The maximum absolute atomic E-state index is 12.3. The molecule has 0 aromatic heterocycles. The molecule has 2 N–H and O–H groups in total. The van der Waals surface area contributed by atoms with Crippen LogP contribution in [0.3, 0.4) is 0 Å². The van der Waals surface area contributed by atoms with E-state index < -0.39 is 0 Å². The van der Waals surface area contributed by atoms with Crippen molar-refractivity contribution in [3.63, 3.8) is 0 Å². The Morgan fingerprint density at radius 1 is 1.18 bits per heavy atom. The third kappa shape index (κ3) is 3.09. The molecular formula is C14H24N2O. The summed E-state index contributed by atoms with van der Waals surface area (Å²) in [5, 5.41) is 0. The summed E-state index contributed by atoms with van der Waals surface area (Å²) in [7, 11) is 1.97. The van der Waals surface area contributed by atoms with Crippen LogP contribution in [0.1, 0.15) is 44.9 Å². The Balaban J connectivity index is 1.88. The smallest absolute Gasteiger partial charge is 0.225 e. The van der Waals surface area contributed by atoms with Gasteiger partial charge in [-0.05, 0) is 44.9 Å². The van der Waals surface area contributed by atoms with Gasteiger partial charge in [0.2, 0.25) is 5.91 Å². The van der Waals surface area contributed by atoms with E-state index in [2.05, 4.69) is 12.2 Å². The van der Waals surface area contributed by atoms with Crippen LogP contribution in [0.25, 0.3) is 0 Å². The quantitative estimate of drug-likeness (QED) is 0.746. The molecule has 17 heavy (non-hydrogen) atoms. The van der Waals surface area contributed by atoms with Crippen LogP contribution >= 0.6 is 0 Å². The molecule has 0 aliphatic heterocycles. The molecule has 1 amide bonds. The minimum atomic E-state index is 0.223. The molecule has 0 saturated heterocycles. The zero-order chi connectivity index (χ0) is 12.3. The van der Waals surface area contributed by atoms with Gasteiger partial charge >= 0.3 is 0 Å². The van der Waals surface area contributed by atoms with Gasteiger partial charge in [-0.15, -0.1) is 0 Å². The predicted octanol–water partition coefficient (Wildman–Crippen LogP) is 2.07. The van der Waals surface area contributed by atoms with Crippen molar-refractivity contribution in [1.29, 1.82) is 0 Å². The third-order valence-electron chi connectivity index (χ3n) is 4.26. The van der Waals surface area contributed by atoms with E-state index in [-0.39, 0.29) is 5.92 Å². The number of carbonyl (C=O) groups excluding carboxylic acids is 1. The number of hydrogen-bond donors (Lipinski definition) is 1. The van der Waals surface area contributed by atoms with Gasteiger partial charge in [0, 0.05) is 25.0 Å². The summed E-state index contributed by atoms with van der Waals surface area (Å²) in [6.45, 7) is 0. The number of nitrogens with zero attached hydrogens (tertiary/aromatic N) is 1. The standard InChI is InChI=1S/C14H24N2O/c1-16(13-9-7-12(15)8-10-13)14(17)11-5-3-2-4-6-11/h2-3,11-13H,4-10,15H2,1H3. The molecule has 0 heterocycles. The monoisotopic (exact) mass is 236 g/mol. The molecule has 2 rings (SSSR count). The van der Waals surface area contributed by atoms with Gasteiger partial charge < -0.3 is 10.6 Å². The van der Waals surface area contributed by atoms with E-state index in [0.717, 1.165) is 44.9 Å². The highest BCUT2D eigenvalue weighted by Crippen LogP contribution is 2.25. The maximum atomic E-state index is 12.3. The summed E-state index contributed by atoms with van der Waals surface area (Å²) < 4.78 is 0. The number of nitrogens with two attached hydrogens (primary N) is 1. The fourth-order valence-corrected chi connectivity index (χ4v) is 2.97. The van der Waals surface area contributed by atoms with E-state index in [4.69, 9.17) is 5.73 Å². The van der Waals surface area contributed by atoms with Crippen molar-refractivity contribution in [2.75, 3.05) is 7.05 Å². The summed E-state index contributed by atoms with van der Waals surface area (Å²) in [4.78, 5) is 14.3. The second kappa shape index (κ2) is 5.67. The van der Waals surface area contributed by atoms with Crippen molar-refractivity contribution in [2.24, 2.45) is 11.7 Å². The van der Waals surface area contributed by atoms with Crippen LogP contribution in [0.4, 0.5) is 0 Å². The van der Waals surface area contributed by atoms with Gasteiger partial charge in [-0.25, -0.2) is 0 Å². The first-order valence-electron chi connectivity index (χ1n) is 6.85. The molecule has 0 bridgehead atoms. The Morgan fingerprint density at radius 3 is 2.47 bits per heavy atom. The normalized spacial score (nSPS) is 33.4. The molecule has 3 nitrogen and oxygen atoms in total. The van der Waals surface area contributed by atoms with Crippen molar-refractivity contribution >= 4 is 5.91 Å². The number of rotatable bonds is 2. The van der Waals surface area contributed by atoms with Crippen LogP contribution in [0.5, 0.6) is 0 Å². The van der Waals surface area contributed by atoms with Gasteiger partial charge in [0.05, 0.1) is 0 Å². The largest absolute Gasteiger partial charge is 0.343 e. The minimum Gasteiger partial charge on any atom is -0.343 e. The lowest BCUT2D eigenvalue weighted by Crippen LogP contribution is -2.44. The van der Waals surface area contributed by atoms with Gasteiger partial charge in [-0.3, -0.25) is 4.79 Å². The lowest BCUT2D eigenvalue weighted by molar-refractivity contribution is -0.137. The molecule has 1 saturated carbocycles. The maximum Gasteiger partial charge on any atom is 0.225 e. The average Bonchev–Trinajstić information content (AvgIpc) is 2.39. The van der Waals surface area contributed by atoms with Crippen LogP contribution in [0, 0.1) is 5.92 Å². The fourth-order valence-electron chi connectivity index (χ4n) is 2.97. The number of hydrogen-bond acceptors (Lipinski definition) is 2. The molecule has 1 atom stereocenters. The second-order valence-corrected chi connectivity index (χ2v) is 5.50. The molecular weight excluding hydrogens is 212 g/mol. The van der Waals surface area contributed by atoms with Crippen molar-refractivity contribution in [2.45, 2.75) is 57.0 Å². The van der Waals surface area contributed by atoms with Crippen molar-refractivity contribution < 1.29 is 4.79 Å². The average molecular weight is 236 g/mol. The van der Waals surface area contributed by atoms with Crippen LogP contribution in [-0.4, -0.2) is 29.9 Å². The van der Waals surface area contributed by atoms with E-state index in [1.165, 1.54) is 0 Å². The first-order chi connectivity index (χ1) is 8.18.